The first kappa shape index (κ1) is 8.49. The molecule has 4 nitrogen and oxygen atoms in total. The minimum absolute atomic E-state index is 0.524. The SMILES string of the molecule is O=C(O)[C@H]1CCNCC[C@H]1O. The Morgan fingerprint density at radius 1 is 1.36 bits per heavy atom. The first-order valence-electron chi connectivity index (χ1n) is 3.83. The van der Waals surface area contributed by atoms with Crippen LogP contribution < -0.4 is 5.32 Å². The van der Waals surface area contributed by atoms with Crippen molar-refractivity contribution in [3.8, 4) is 0 Å². The number of hydrogen-bond donors (Lipinski definition) is 3. The number of hydrogen-bond acceptors (Lipinski definition) is 3. The molecule has 11 heavy (non-hydrogen) atoms. The van der Waals surface area contributed by atoms with Crippen LogP contribution in [0, 0.1) is 5.92 Å². The molecular formula is C7H13NO3. The molecule has 1 heterocycles. The quantitative estimate of drug-likeness (QED) is 0.479. The van der Waals surface area contributed by atoms with Gasteiger partial charge in [0, 0.05) is 0 Å². The van der Waals surface area contributed by atoms with Gasteiger partial charge < -0.3 is 15.5 Å². The topological polar surface area (TPSA) is 69.6 Å². The summed E-state index contributed by atoms with van der Waals surface area (Å²) >= 11 is 0. The van der Waals surface area contributed by atoms with Gasteiger partial charge in [-0.05, 0) is 25.9 Å². The molecule has 0 saturated carbocycles. The second-order valence-electron chi connectivity index (χ2n) is 2.84. The third kappa shape index (κ3) is 2.17. The molecule has 0 amide bonds. The van der Waals surface area contributed by atoms with Gasteiger partial charge in [0.2, 0.25) is 0 Å². The van der Waals surface area contributed by atoms with Crippen LogP contribution in [0.15, 0.2) is 0 Å². The van der Waals surface area contributed by atoms with Crippen LogP contribution in [0.3, 0.4) is 0 Å². The van der Waals surface area contributed by atoms with Crippen LogP contribution in [0.2, 0.25) is 0 Å². The lowest BCUT2D eigenvalue weighted by Crippen LogP contribution is -2.27. The molecule has 1 rings (SSSR count). The zero-order valence-corrected chi connectivity index (χ0v) is 6.29. The van der Waals surface area contributed by atoms with Crippen molar-refractivity contribution in [2.24, 2.45) is 5.92 Å². The van der Waals surface area contributed by atoms with Crippen LogP contribution in [0.25, 0.3) is 0 Å². The van der Waals surface area contributed by atoms with Crippen molar-refractivity contribution in [2.75, 3.05) is 13.1 Å². The highest BCUT2D eigenvalue weighted by Crippen LogP contribution is 2.14. The van der Waals surface area contributed by atoms with E-state index < -0.39 is 18.0 Å². The van der Waals surface area contributed by atoms with E-state index in [-0.39, 0.29) is 0 Å². The van der Waals surface area contributed by atoms with Gasteiger partial charge in [0.25, 0.3) is 0 Å². The van der Waals surface area contributed by atoms with E-state index in [0.717, 1.165) is 0 Å². The van der Waals surface area contributed by atoms with Crippen LogP contribution in [-0.2, 0) is 4.79 Å². The lowest BCUT2D eigenvalue weighted by atomic mass is 9.98. The van der Waals surface area contributed by atoms with E-state index in [1.165, 1.54) is 0 Å². The third-order valence-electron chi connectivity index (χ3n) is 2.03. The largest absolute Gasteiger partial charge is 0.481 e. The highest BCUT2D eigenvalue weighted by molar-refractivity contribution is 5.70. The molecule has 0 spiro atoms. The fourth-order valence-corrected chi connectivity index (χ4v) is 1.31. The summed E-state index contributed by atoms with van der Waals surface area (Å²) in [6.45, 7) is 1.40. The van der Waals surface area contributed by atoms with Gasteiger partial charge in [0.1, 0.15) is 0 Å². The van der Waals surface area contributed by atoms with E-state index in [1.807, 2.05) is 0 Å². The van der Waals surface area contributed by atoms with Crippen molar-refractivity contribution in [1.82, 2.24) is 5.32 Å². The number of aliphatic hydroxyl groups excluding tert-OH is 1. The van der Waals surface area contributed by atoms with Crippen LogP contribution in [0.5, 0.6) is 0 Å². The van der Waals surface area contributed by atoms with Crippen molar-refractivity contribution in [3.63, 3.8) is 0 Å². The molecule has 0 radical (unpaired) electrons. The average Bonchev–Trinajstić information content (AvgIpc) is 2.13. The molecule has 2 atom stereocenters. The normalized spacial score (nSPS) is 32.8. The van der Waals surface area contributed by atoms with Crippen LogP contribution in [0.1, 0.15) is 12.8 Å². The van der Waals surface area contributed by atoms with Gasteiger partial charge in [-0.3, -0.25) is 4.79 Å². The van der Waals surface area contributed by atoms with Crippen molar-refractivity contribution in [2.45, 2.75) is 18.9 Å². The molecule has 3 N–H and O–H groups in total. The monoisotopic (exact) mass is 159 g/mol. The number of aliphatic hydroxyl groups is 1. The van der Waals surface area contributed by atoms with Gasteiger partial charge in [0.05, 0.1) is 12.0 Å². The second kappa shape index (κ2) is 3.69. The fourth-order valence-electron chi connectivity index (χ4n) is 1.31. The third-order valence-corrected chi connectivity index (χ3v) is 2.03. The van der Waals surface area contributed by atoms with Crippen molar-refractivity contribution < 1.29 is 15.0 Å². The molecule has 1 aliphatic rings. The molecule has 0 aromatic carbocycles. The first-order valence-corrected chi connectivity index (χ1v) is 3.83. The van der Waals surface area contributed by atoms with Gasteiger partial charge in [-0.1, -0.05) is 0 Å². The maximum Gasteiger partial charge on any atom is 0.309 e. The van der Waals surface area contributed by atoms with Gasteiger partial charge >= 0.3 is 5.97 Å². The summed E-state index contributed by atoms with van der Waals surface area (Å²) < 4.78 is 0. The lowest BCUT2D eigenvalue weighted by Gasteiger charge is -2.13. The highest BCUT2D eigenvalue weighted by atomic mass is 16.4. The standard InChI is InChI=1S/C7H13NO3/c9-6-2-4-8-3-1-5(6)7(10)11/h5-6,8-9H,1-4H2,(H,10,11)/t5-,6+/m0/s1. The minimum Gasteiger partial charge on any atom is -0.481 e. The Hall–Kier alpha value is -0.610. The number of carboxylic acid groups (broad SMARTS) is 1. The van der Waals surface area contributed by atoms with Gasteiger partial charge in [0.15, 0.2) is 0 Å². The molecule has 0 aromatic rings. The fraction of sp³-hybridized carbons (Fsp3) is 0.857. The second-order valence-corrected chi connectivity index (χ2v) is 2.84. The van der Waals surface area contributed by atoms with E-state index in [2.05, 4.69) is 5.32 Å². The predicted octanol–water partition coefficient (Wildman–Crippen LogP) is -0.569. The molecule has 0 unspecified atom stereocenters. The molecule has 4 heteroatoms. The Labute approximate surface area is 65.2 Å². The summed E-state index contributed by atoms with van der Waals surface area (Å²) in [5.41, 5.74) is 0. The molecule has 1 aliphatic heterocycles. The molecule has 0 aliphatic carbocycles. The van der Waals surface area contributed by atoms with E-state index in [0.29, 0.717) is 25.9 Å². The van der Waals surface area contributed by atoms with Gasteiger partial charge in [-0.25, -0.2) is 0 Å². The number of carbonyl (C=O) groups is 1. The number of aliphatic carboxylic acids is 1. The summed E-state index contributed by atoms with van der Waals surface area (Å²) in [6, 6.07) is 0. The summed E-state index contributed by atoms with van der Waals surface area (Å²) in [5.74, 6) is -1.47. The maximum absolute atomic E-state index is 10.5. The summed E-state index contributed by atoms with van der Waals surface area (Å²) in [6.07, 6.45) is 0.385. The van der Waals surface area contributed by atoms with Gasteiger partial charge in [-0.15, -0.1) is 0 Å². The van der Waals surface area contributed by atoms with Crippen molar-refractivity contribution in [1.29, 1.82) is 0 Å². The number of rotatable bonds is 1. The molecule has 64 valence electrons. The van der Waals surface area contributed by atoms with Crippen molar-refractivity contribution in [3.05, 3.63) is 0 Å². The summed E-state index contributed by atoms with van der Waals surface area (Å²) in [7, 11) is 0. The Balaban J connectivity index is 2.52. The predicted molar refractivity (Wildman–Crippen MR) is 39.2 cm³/mol. The lowest BCUT2D eigenvalue weighted by molar-refractivity contribution is -0.145. The molecule has 0 aromatic heterocycles. The minimum atomic E-state index is -0.888. The summed E-state index contributed by atoms with van der Waals surface area (Å²) in [4.78, 5) is 10.5. The molecular weight excluding hydrogens is 146 g/mol. The maximum atomic E-state index is 10.5. The molecule has 1 fully saturated rings. The Bertz CT molecular complexity index is 149. The Kier molecular flexibility index (Phi) is 2.84. The smallest absolute Gasteiger partial charge is 0.309 e. The zero-order valence-electron chi connectivity index (χ0n) is 6.29. The molecule has 1 saturated heterocycles. The van der Waals surface area contributed by atoms with E-state index >= 15 is 0 Å². The molecule has 0 bridgehead atoms. The highest BCUT2D eigenvalue weighted by Gasteiger charge is 2.27. The average molecular weight is 159 g/mol. The van der Waals surface area contributed by atoms with Crippen LogP contribution in [-0.4, -0.2) is 35.4 Å². The van der Waals surface area contributed by atoms with E-state index in [9.17, 15) is 9.90 Å². The zero-order chi connectivity index (χ0) is 8.27. The Morgan fingerprint density at radius 2 is 2.00 bits per heavy atom. The summed E-state index contributed by atoms with van der Waals surface area (Å²) in [5, 5.41) is 21.0. The number of nitrogens with one attached hydrogen (secondary N) is 1. The van der Waals surface area contributed by atoms with E-state index in [1.54, 1.807) is 0 Å². The Morgan fingerprint density at radius 3 is 2.64 bits per heavy atom. The van der Waals surface area contributed by atoms with E-state index in [4.69, 9.17) is 5.11 Å². The van der Waals surface area contributed by atoms with Crippen molar-refractivity contribution >= 4 is 5.97 Å². The van der Waals surface area contributed by atoms with Crippen LogP contribution >= 0.6 is 0 Å². The number of carboxylic acids is 1. The van der Waals surface area contributed by atoms with Gasteiger partial charge in [-0.2, -0.15) is 0 Å². The van der Waals surface area contributed by atoms with Crippen LogP contribution in [0.4, 0.5) is 0 Å². The first-order chi connectivity index (χ1) is 5.22.